The quantitative estimate of drug-likeness (QED) is 0.562. The lowest BCUT2D eigenvalue weighted by Crippen LogP contribution is -1.90. The van der Waals surface area contributed by atoms with Crippen molar-refractivity contribution in [3.8, 4) is 11.5 Å². The van der Waals surface area contributed by atoms with Gasteiger partial charge in [0.15, 0.2) is 0 Å². The van der Waals surface area contributed by atoms with E-state index >= 15 is 0 Å². The van der Waals surface area contributed by atoms with Gasteiger partial charge in [-0.3, -0.25) is 0 Å². The first-order chi connectivity index (χ1) is 5.69. The molecule has 0 aliphatic rings. The van der Waals surface area contributed by atoms with Crippen LogP contribution in [0.1, 0.15) is 11.1 Å². The number of ether oxygens (including phenoxy) is 1. The third-order valence-corrected chi connectivity index (χ3v) is 1.99. The highest BCUT2D eigenvalue weighted by Crippen LogP contribution is 2.27. The summed E-state index contributed by atoms with van der Waals surface area (Å²) in [6, 6.07) is 3.84. The Labute approximate surface area is 78.1 Å². The van der Waals surface area contributed by atoms with E-state index in [1.54, 1.807) is 7.11 Å². The van der Waals surface area contributed by atoms with Gasteiger partial charge in [0.1, 0.15) is 11.5 Å². The summed E-state index contributed by atoms with van der Waals surface area (Å²) >= 11 is 3.75. The second-order valence-corrected chi connectivity index (χ2v) is 2.86. The minimum atomic E-state index is 0.775. The summed E-state index contributed by atoms with van der Waals surface area (Å²) in [6.45, 7) is 3.92. The Morgan fingerprint density at radius 3 is 2.08 bits per heavy atom. The van der Waals surface area contributed by atoms with Crippen LogP contribution in [-0.4, -0.2) is 7.11 Å². The van der Waals surface area contributed by atoms with E-state index in [0.29, 0.717) is 0 Å². The Hall–Kier alpha value is -0.830. The molecular formula is C9H12O2S. The Bertz CT molecular complexity index is 254. The summed E-state index contributed by atoms with van der Waals surface area (Å²) < 4.78 is 10.0. The number of methoxy groups -OCH3 is 1. The van der Waals surface area contributed by atoms with Gasteiger partial charge in [0.25, 0.3) is 0 Å². The molecule has 1 rings (SSSR count). The van der Waals surface area contributed by atoms with Crippen molar-refractivity contribution >= 4 is 12.9 Å². The summed E-state index contributed by atoms with van der Waals surface area (Å²) in [6.07, 6.45) is 0. The van der Waals surface area contributed by atoms with E-state index in [1.165, 1.54) is 0 Å². The molecule has 0 unspecified atom stereocenters. The zero-order chi connectivity index (χ0) is 9.14. The van der Waals surface area contributed by atoms with E-state index in [1.807, 2.05) is 26.0 Å². The zero-order valence-electron chi connectivity index (χ0n) is 7.42. The molecule has 2 nitrogen and oxygen atoms in total. The predicted molar refractivity (Wildman–Crippen MR) is 52.1 cm³/mol. The van der Waals surface area contributed by atoms with E-state index in [-0.39, 0.29) is 0 Å². The summed E-state index contributed by atoms with van der Waals surface area (Å²) in [5, 5.41) is 0. The maximum Gasteiger partial charge on any atom is 0.140 e. The molecule has 12 heavy (non-hydrogen) atoms. The first-order valence-electron chi connectivity index (χ1n) is 3.65. The minimum absolute atomic E-state index is 0.775. The molecule has 1 aromatic rings. The maximum absolute atomic E-state index is 5.14. The van der Waals surface area contributed by atoms with E-state index in [4.69, 9.17) is 8.92 Å². The lowest BCUT2D eigenvalue weighted by atomic mass is 10.1. The maximum atomic E-state index is 5.14. The molecule has 3 heteroatoms. The second-order valence-electron chi connectivity index (χ2n) is 2.68. The molecule has 0 radical (unpaired) electrons. The van der Waals surface area contributed by atoms with Gasteiger partial charge < -0.3 is 8.92 Å². The Kier molecular flexibility index (Phi) is 2.87. The van der Waals surface area contributed by atoms with Gasteiger partial charge in [0.05, 0.1) is 7.11 Å². The molecule has 0 heterocycles. The predicted octanol–water partition coefficient (Wildman–Crippen LogP) is 2.54. The molecule has 1 aromatic carbocycles. The van der Waals surface area contributed by atoms with E-state index < -0.39 is 0 Å². The van der Waals surface area contributed by atoms with Crippen LogP contribution in [0.5, 0.6) is 11.5 Å². The van der Waals surface area contributed by atoms with Crippen molar-refractivity contribution in [2.24, 2.45) is 0 Å². The summed E-state index contributed by atoms with van der Waals surface area (Å²) in [5.74, 6) is 1.65. The highest BCUT2D eigenvalue weighted by atomic mass is 32.1. The molecule has 0 saturated carbocycles. The first kappa shape index (κ1) is 9.26. The van der Waals surface area contributed by atoms with Gasteiger partial charge in [-0.15, -0.1) is 0 Å². The number of aryl methyl sites for hydroxylation is 2. The molecule has 0 aromatic heterocycles. The largest absolute Gasteiger partial charge is 0.496 e. The summed E-state index contributed by atoms with van der Waals surface area (Å²) in [7, 11) is 1.66. The SMILES string of the molecule is COc1cc(C)c(OS)cc1C. The van der Waals surface area contributed by atoms with Crippen molar-refractivity contribution in [2.75, 3.05) is 7.11 Å². The summed E-state index contributed by atoms with van der Waals surface area (Å²) in [5.41, 5.74) is 2.07. The number of thiol groups is 1. The van der Waals surface area contributed by atoms with Crippen LogP contribution in [0.15, 0.2) is 12.1 Å². The smallest absolute Gasteiger partial charge is 0.140 e. The molecule has 0 amide bonds. The number of benzene rings is 1. The second kappa shape index (κ2) is 3.72. The topological polar surface area (TPSA) is 18.5 Å². The minimum Gasteiger partial charge on any atom is -0.496 e. The molecule has 0 N–H and O–H groups in total. The zero-order valence-corrected chi connectivity index (χ0v) is 8.31. The van der Waals surface area contributed by atoms with Crippen LogP contribution in [0, 0.1) is 13.8 Å². The third-order valence-electron chi connectivity index (χ3n) is 1.79. The molecule has 0 saturated heterocycles. The molecule has 0 aliphatic carbocycles. The molecule has 0 bridgehead atoms. The highest BCUT2D eigenvalue weighted by Gasteiger charge is 2.04. The van der Waals surface area contributed by atoms with E-state index in [2.05, 4.69) is 12.9 Å². The van der Waals surface area contributed by atoms with Gasteiger partial charge in [0, 0.05) is 12.9 Å². The van der Waals surface area contributed by atoms with Crippen LogP contribution in [0.25, 0.3) is 0 Å². The van der Waals surface area contributed by atoms with Crippen LogP contribution in [0.3, 0.4) is 0 Å². The Balaban J connectivity index is 3.16. The van der Waals surface area contributed by atoms with Gasteiger partial charge in [-0.05, 0) is 37.1 Å². The van der Waals surface area contributed by atoms with Crippen LogP contribution >= 0.6 is 12.9 Å². The van der Waals surface area contributed by atoms with Crippen molar-refractivity contribution in [1.29, 1.82) is 0 Å². The summed E-state index contributed by atoms with van der Waals surface area (Å²) in [4.78, 5) is 0. The van der Waals surface area contributed by atoms with Gasteiger partial charge in [-0.25, -0.2) is 0 Å². The Morgan fingerprint density at radius 1 is 1.08 bits per heavy atom. The molecule has 66 valence electrons. The fourth-order valence-electron chi connectivity index (χ4n) is 1.08. The van der Waals surface area contributed by atoms with Gasteiger partial charge in [0.2, 0.25) is 0 Å². The van der Waals surface area contributed by atoms with Crippen molar-refractivity contribution < 1.29 is 8.92 Å². The molecule has 0 aliphatic heterocycles. The van der Waals surface area contributed by atoms with Crippen molar-refractivity contribution in [3.63, 3.8) is 0 Å². The third kappa shape index (κ3) is 1.67. The molecule has 0 spiro atoms. The normalized spacial score (nSPS) is 9.67. The van der Waals surface area contributed by atoms with Gasteiger partial charge >= 0.3 is 0 Å². The van der Waals surface area contributed by atoms with Gasteiger partial charge in [-0.1, -0.05) is 0 Å². The number of rotatable bonds is 2. The van der Waals surface area contributed by atoms with Crippen molar-refractivity contribution in [1.82, 2.24) is 0 Å². The van der Waals surface area contributed by atoms with Gasteiger partial charge in [-0.2, -0.15) is 0 Å². The van der Waals surface area contributed by atoms with Crippen molar-refractivity contribution in [2.45, 2.75) is 13.8 Å². The van der Waals surface area contributed by atoms with Crippen LogP contribution in [-0.2, 0) is 0 Å². The van der Waals surface area contributed by atoms with Crippen LogP contribution < -0.4 is 8.92 Å². The average molecular weight is 184 g/mol. The number of hydrogen-bond donors (Lipinski definition) is 1. The van der Waals surface area contributed by atoms with Crippen LogP contribution in [0.2, 0.25) is 0 Å². The standard InChI is InChI=1S/C9H12O2S/c1-6-5-9(11-12)7(2)4-8(6)10-3/h4-5,12H,1-3H3. The average Bonchev–Trinajstić information content (AvgIpc) is 2.08. The monoisotopic (exact) mass is 184 g/mol. The lowest BCUT2D eigenvalue weighted by Gasteiger charge is -2.08. The molecule has 0 fully saturated rings. The molecule has 0 atom stereocenters. The number of hydrogen-bond acceptors (Lipinski definition) is 3. The fraction of sp³-hybridized carbons (Fsp3) is 0.333. The first-order valence-corrected chi connectivity index (χ1v) is 4.02. The highest BCUT2D eigenvalue weighted by molar-refractivity contribution is 7.75. The Morgan fingerprint density at radius 2 is 1.58 bits per heavy atom. The van der Waals surface area contributed by atoms with Crippen molar-refractivity contribution in [3.05, 3.63) is 23.3 Å². The van der Waals surface area contributed by atoms with Crippen LogP contribution in [0.4, 0.5) is 0 Å². The lowest BCUT2D eigenvalue weighted by molar-refractivity contribution is 0.410. The fourth-order valence-corrected chi connectivity index (χ4v) is 1.28. The molecular weight excluding hydrogens is 172 g/mol. The van der Waals surface area contributed by atoms with E-state index in [0.717, 1.165) is 22.6 Å². The van der Waals surface area contributed by atoms with E-state index in [9.17, 15) is 0 Å².